The molecule has 1 saturated heterocycles. The third-order valence-electron chi connectivity index (χ3n) is 4.11. The predicted molar refractivity (Wildman–Crippen MR) is 80.8 cm³/mol. The summed E-state index contributed by atoms with van der Waals surface area (Å²) in [6, 6.07) is 5.72. The van der Waals surface area contributed by atoms with Gasteiger partial charge in [-0.05, 0) is 37.1 Å². The van der Waals surface area contributed by atoms with Gasteiger partial charge in [-0.15, -0.1) is 0 Å². The molecule has 0 atom stereocenters. The molecule has 22 heavy (non-hydrogen) atoms. The molecule has 2 fully saturated rings. The molecule has 1 N–H and O–H groups in total. The van der Waals surface area contributed by atoms with Gasteiger partial charge in [-0.25, -0.2) is 4.39 Å². The van der Waals surface area contributed by atoms with Crippen molar-refractivity contribution in [2.45, 2.75) is 12.8 Å². The Morgan fingerprint density at radius 1 is 1.09 bits per heavy atom. The minimum Gasteiger partial charge on any atom is -0.340 e. The van der Waals surface area contributed by atoms with Gasteiger partial charge < -0.3 is 10.2 Å². The summed E-state index contributed by atoms with van der Waals surface area (Å²) in [7, 11) is 0. The Morgan fingerprint density at radius 3 is 2.32 bits per heavy atom. The van der Waals surface area contributed by atoms with E-state index in [0.717, 1.165) is 25.9 Å². The Kier molecular flexibility index (Phi) is 4.38. The van der Waals surface area contributed by atoms with E-state index in [0.29, 0.717) is 25.3 Å². The van der Waals surface area contributed by atoms with Crippen LogP contribution in [0.4, 0.5) is 10.1 Å². The number of hydrogen-bond acceptors (Lipinski definition) is 3. The summed E-state index contributed by atoms with van der Waals surface area (Å²) in [5, 5.41) is 2.75. The maximum absolute atomic E-state index is 12.8. The van der Waals surface area contributed by atoms with Crippen molar-refractivity contribution in [1.29, 1.82) is 0 Å². The minimum absolute atomic E-state index is 0.117. The highest BCUT2D eigenvalue weighted by molar-refractivity contribution is 5.92. The van der Waals surface area contributed by atoms with E-state index in [2.05, 4.69) is 5.32 Å². The van der Waals surface area contributed by atoms with Gasteiger partial charge in [0.1, 0.15) is 5.82 Å². The number of piperazine rings is 1. The average Bonchev–Trinajstić information content (AvgIpc) is 3.34. The Bertz CT molecular complexity index is 549. The number of nitrogens with one attached hydrogen (secondary N) is 1. The molecule has 1 aromatic carbocycles. The number of amides is 2. The highest BCUT2D eigenvalue weighted by atomic mass is 19.1. The molecular weight excluding hydrogens is 285 g/mol. The van der Waals surface area contributed by atoms with Crippen molar-refractivity contribution in [3.8, 4) is 0 Å². The molecule has 3 rings (SSSR count). The predicted octanol–water partition coefficient (Wildman–Crippen LogP) is 1.32. The molecule has 5 nitrogen and oxygen atoms in total. The first-order valence-corrected chi connectivity index (χ1v) is 7.68. The maximum Gasteiger partial charge on any atom is 0.238 e. The zero-order chi connectivity index (χ0) is 15.5. The van der Waals surface area contributed by atoms with Gasteiger partial charge in [-0.3, -0.25) is 14.5 Å². The van der Waals surface area contributed by atoms with Crippen LogP contribution in [-0.2, 0) is 9.59 Å². The SMILES string of the molecule is O=C(CN1CCN(C(=O)C2CC2)CC1)Nc1ccc(F)cc1. The molecule has 6 heteroatoms. The van der Waals surface area contributed by atoms with E-state index in [4.69, 9.17) is 0 Å². The zero-order valence-corrected chi connectivity index (χ0v) is 12.4. The number of carbonyl (C=O) groups is 2. The van der Waals surface area contributed by atoms with E-state index in [9.17, 15) is 14.0 Å². The zero-order valence-electron chi connectivity index (χ0n) is 12.4. The molecule has 0 radical (unpaired) electrons. The van der Waals surface area contributed by atoms with E-state index < -0.39 is 0 Å². The molecule has 0 unspecified atom stereocenters. The highest BCUT2D eigenvalue weighted by Gasteiger charge is 2.34. The number of rotatable bonds is 4. The lowest BCUT2D eigenvalue weighted by Crippen LogP contribution is -2.50. The van der Waals surface area contributed by atoms with E-state index in [1.165, 1.54) is 12.1 Å². The van der Waals surface area contributed by atoms with Gasteiger partial charge in [0.05, 0.1) is 6.54 Å². The fraction of sp³-hybridized carbons (Fsp3) is 0.500. The maximum atomic E-state index is 12.8. The van der Waals surface area contributed by atoms with Crippen molar-refractivity contribution >= 4 is 17.5 Å². The molecule has 1 aliphatic heterocycles. The van der Waals surface area contributed by atoms with Crippen LogP contribution in [0.1, 0.15) is 12.8 Å². The van der Waals surface area contributed by atoms with E-state index in [1.807, 2.05) is 9.80 Å². The molecule has 2 amide bonds. The number of halogens is 1. The molecular formula is C16H20FN3O2. The van der Waals surface area contributed by atoms with Gasteiger partial charge in [0.25, 0.3) is 0 Å². The Morgan fingerprint density at radius 2 is 1.73 bits per heavy atom. The van der Waals surface area contributed by atoms with Gasteiger partial charge >= 0.3 is 0 Å². The van der Waals surface area contributed by atoms with Crippen molar-refractivity contribution in [3.63, 3.8) is 0 Å². The number of anilines is 1. The van der Waals surface area contributed by atoms with Gasteiger partial charge in [-0.2, -0.15) is 0 Å². The molecule has 2 aliphatic rings. The molecule has 1 heterocycles. The van der Waals surface area contributed by atoms with Gasteiger partial charge in [0.15, 0.2) is 0 Å². The lowest BCUT2D eigenvalue weighted by Gasteiger charge is -2.34. The van der Waals surface area contributed by atoms with Gasteiger partial charge in [0.2, 0.25) is 11.8 Å². The summed E-state index contributed by atoms with van der Waals surface area (Å²) in [4.78, 5) is 27.9. The Hall–Kier alpha value is -1.95. The third-order valence-corrected chi connectivity index (χ3v) is 4.11. The summed E-state index contributed by atoms with van der Waals surface area (Å²) in [5.74, 6) is 0.0896. The molecule has 0 bridgehead atoms. The first-order chi connectivity index (χ1) is 10.6. The molecule has 0 spiro atoms. The van der Waals surface area contributed by atoms with Crippen molar-refractivity contribution in [3.05, 3.63) is 30.1 Å². The van der Waals surface area contributed by atoms with Crippen LogP contribution in [0, 0.1) is 11.7 Å². The van der Waals surface area contributed by atoms with Gasteiger partial charge in [0, 0.05) is 37.8 Å². The monoisotopic (exact) mass is 305 g/mol. The number of nitrogens with zero attached hydrogens (tertiary/aromatic N) is 2. The summed E-state index contributed by atoms with van der Waals surface area (Å²) in [6.45, 7) is 3.12. The first kappa shape index (κ1) is 15.0. The van der Waals surface area contributed by atoms with Crippen molar-refractivity contribution < 1.29 is 14.0 Å². The second-order valence-electron chi connectivity index (χ2n) is 5.93. The smallest absolute Gasteiger partial charge is 0.238 e. The average molecular weight is 305 g/mol. The van der Waals surface area contributed by atoms with Crippen LogP contribution in [0.2, 0.25) is 0 Å². The normalized spacial score (nSPS) is 19.0. The Balaban J connectivity index is 1.43. The largest absolute Gasteiger partial charge is 0.340 e. The van der Waals surface area contributed by atoms with Crippen molar-refractivity contribution in [2.75, 3.05) is 38.0 Å². The van der Waals surface area contributed by atoms with E-state index >= 15 is 0 Å². The highest BCUT2D eigenvalue weighted by Crippen LogP contribution is 2.31. The van der Waals surface area contributed by atoms with Crippen LogP contribution >= 0.6 is 0 Å². The lowest BCUT2D eigenvalue weighted by atomic mass is 10.2. The number of carbonyl (C=O) groups excluding carboxylic acids is 2. The molecule has 0 aromatic heterocycles. The van der Waals surface area contributed by atoms with Crippen LogP contribution in [0.5, 0.6) is 0 Å². The standard InChI is InChI=1S/C16H20FN3O2/c17-13-3-5-14(6-4-13)18-15(21)11-19-7-9-20(10-8-19)16(22)12-1-2-12/h3-6,12H,1-2,7-11H2,(H,18,21). The molecule has 1 aromatic rings. The molecule has 1 aliphatic carbocycles. The van der Waals surface area contributed by atoms with Crippen LogP contribution < -0.4 is 5.32 Å². The fourth-order valence-electron chi connectivity index (χ4n) is 2.65. The van der Waals surface area contributed by atoms with Crippen LogP contribution in [0.25, 0.3) is 0 Å². The van der Waals surface area contributed by atoms with Crippen LogP contribution in [0.3, 0.4) is 0 Å². The van der Waals surface area contributed by atoms with Gasteiger partial charge in [-0.1, -0.05) is 0 Å². The quantitative estimate of drug-likeness (QED) is 0.913. The number of benzene rings is 1. The Labute approximate surface area is 129 Å². The van der Waals surface area contributed by atoms with E-state index in [1.54, 1.807) is 12.1 Å². The van der Waals surface area contributed by atoms with Crippen molar-refractivity contribution in [1.82, 2.24) is 9.80 Å². The third kappa shape index (κ3) is 3.82. The fourth-order valence-corrected chi connectivity index (χ4v) is 2.65. The van der Waals surface area contributed by atoms with Crippen molar-refractivity contribution in [2.24, 2.45) is 5.92 Å². The first-order valence-electron chi connectivity index (χ1n) is 7.68. The second kappa shape index (κ2) is 6.44. The van der Waals surface area contributed by atoms with E-state index in [-0.39, 0.29) is 23.5 Å². The number of hydrogen-bond donors (Lipinski definition) is 1. The lowest BCUT2D eigenvalue weighted by molar-refractivity contribution is -0.134. The summed E-state index contributed by atoms with van der Waals surface area (Å²) < 4.78 is 12.8. The van der Waals surface area contributed by atoms with Crippen LogP contribution in [-0.4, -0.2) is 54.3 Å². The van der Waals surface area contributed by atoms with Crippen LogP contribution in [0.15, 0.2) is 24.3 Å². The topological polar surface area (TPSA) is 52.7 Å². The summed E-state index contributed by atoms with van der Waals surface area (Å²) in [5.41, 5.74) is 0.592. The summed E-state index contributed by atoms with van der Waals surface area (Å²) in [6.07, 6.45) is 2.05. The summed E-state index contributed by atoms with van der Waals surface area (Å²) >= 11 is 0. The second-order valence-corrected chi connectivity index (χ2v) is 5.93. The molecule has 1 saturated carbocycles. The minimum atomic E-state index is -0.325. The molecule has 118 valence electrons.